The number of halogens is 1. The predicted octanol–water partition coefficient (Wildman–Crippen LogP) is 3.10. The van der Waals surface area contributed by atoms with Crippen LogP contribution in [0.15, 0.2) is 36.4 Å². The van der Waals surface area contributed by atoms with Gasteiger partial charge in [-0.05, 0) is 42.7 Å². The van der Waals surface area contributed by atoms with Crippen molar-refractivity contribution in [2.45, 2.75) is 6.92 Å². The molecule has 0 radical (unpaired) electrons. The van der Waals surface area contributed by atoms with Gasteiger partial charge in [-0.15, -0.1) is 0 Å². The van der Waals surface area contributed by atoms with Gasteiger partial charge in [0.2, 0.25) is 0 Å². The number of amides is 1. The Morgan fingerprint density at radius 2 is 1.88 bits per heavy atom. The third-order valence-corrected chi connectivity index (χ3v) is 5.28. The van der Waals surface area contributed by atoms with Crippen LogP contribution in [0.25, 0.3) is 10.1 Å². The lowest BCUT2D eigenvalue weighted by Crippen LogP contribution is -2.49. The third kappa shape index (κ3) is 2.95. The average molecular weight is 356 g/mol. The quantitative estimate of drug-likeness (QED) is 0.708. The van der Waals surface area contributed by atoms with Crippen molar-refractivity contribution in [1.29, 1.82) is 0 Å². The van der Waals surface area contributed by atoms with E-state index in [0.29, 0.717) is 18.8 Å². The van der Waals surface area contributed by atoms with Gasteiger partial charge in [-0.2, -0.15) is 4.37 Å². The van der Waals surface area contributed by atoms with Crippen molar-refractivity contribution in [1.82, 2.24) is 14.3 Å². The number of hydrogen-bond acceptors (Lipinski definition) is 5. The Morgan fingerprint density at radius 1 is 1.12 bits per heavy atom. The average Bonchev–Trinajstić information content (AvgIpc) is 3.08. The molecule has 3 heterocycles. The largest absolute Gasteiger partial charge is 0.352 e. The van der Waals surface area contributed by atoms with E-state index in [4.69, 9.17) is 0 Å². The van der Waals surface area contributed by atoms with Gasteiger partial charge < -0.3 is 9.80 Å². The maximum Gasteiger partial charge on any atom is 0.272 e. The van der Waals surface area contributed by atoms with Crippen LogP contribution in [0.2, 0.25) is 0 Å². The summed E-state index contributed by atoms with van der Waals surface area (Å²) in [6.07, 6.45) is 0. The Hall–Kier alpha value is -2.54. The molecule has 25 heavy (non-hydrogen) atoms. The first-order valence-corrected chi connectivity index (χ1v) is 8.92. The minimum atomic E-state index is -0.392. The van der Waals surface area contributed by atoms with Crippen LogP contribution in [-0.2, 0) is 0 Å². The Bertz CT molecular complexity index is 934. The van der Waals surface area contributed by atoms with Crippen LogP contribution in [0.3, 0.4) is 0 Å². The summed E-state index contributed by atoms with van der Waals surface area (Å²) < 4.78 is 19.1. The fourth-order valence-electron chi connectivity index (χ4n) is 3.05. The van der Waals surface area contributed by atoms with E-state index in [1.165, 1.54) is 28.4 Å². The number of nitrogens with zero attached hydrogens (tertiary/aromatic N) is 4. The summed E-state index contributed by atoms with van der Waals surface area (Å²) in [6.45, 7) is 4.21. The highest BCUT2D eigenvalue weighted by Gasteiger charge is 2.25. The van der Waals surface area contributed by atoms with Crippen LogP contribution in [0.1, 0.15) is 16.2 Å². The molecule has 1 saturated heterocycles. The van der Waals surface area contributed by atoms with E-state index in [2.05, 4.69) is 26.4 Å². The zero-order chi connectivity index (χ0) is 17.4. The molecule has 0 N–H and O–H groups in total. The number of carbonyl (C=O) groups excluding carboxylic acids is 1. The highest BCUT2D eigenvalue weighted by molar-refractivity contribution is 7.13. The number of fused-ring (bicyclic) bond motifs is 1. The predicted molar refractivity (Wildman–Crippen MR) is 96.7 cm³/mol. The van der Waals surface area contributed by atoms with E-state index in [-0.39, 0.29) is 11.6 Å². The second-order valence-corrected chi connectivity index (χ2v) is 6.85. The molecule has 0 bridgehead atoms. The van der Waals surface area contributed by atoms with Crippen molar-refractivity contribution < 1.29 is 9.18 Å². The molecule has 3 aromatic rings. The number of aromatic nitrogens is 2. The van der Waals surface area contributed by atoms with E-state index in [1.807, 2.05) is 12.1 Å². The lowest BCUT2D eigenvalue weighted by atomic mass is 10.2. The molecule has 1 aliphatic heterocycles. The highest BCUT2D eigenvalue weighted by atomic mass is 32.1. The van der Waals surface area contributed by atoms with E-state index >= 15 is 0 Å². The number of rotatable bonds is 2. The number of carbonyl (C=O) groups is 1. The fourth-order valence-corrected chi connectivity index (χ4v) is 3.84. The SMILES string of the molecule is Cc1nc(C(=O)N2CCN(c3nsc4ccccc34)CC2)ccc1F. The van der Waals surface area contributed by atoms with Crippen molar-refractivity contribution in [3.05, 3.63) is 53.6 Å². The molecule has 0 atom stereocenters. The van der Waals surface area contributed by atoms with Crippen LogP contribution in [0.4, 0.5) is 10.2 Å². The zero-order valence-corrected chi connectivity index (χ0v) is 14.6. The standard InChI is InChI=1S/C18H17FN4OS/c1-12-14(19)6-7-15(20-12)18(24)23-10-8-22(9-11-23)17-13-4-2-3-5-16(13)25-21-17/h2-7H,8-11H2,1H3. The maximum absolute atomic E-state index is 13.3. The summed E-state index contributed by atoms with van der Waals surface area (Å²) in [7, 11) is 0. The molecular formula is C18H17FN4OS. The van der Waals surface area contributed by atoms with E-state index < -0.39 is 5.82 Å². The minimum Gasteiger partial charge on any atom is -0.352 e. The summed E-state index contributed by atoms with van der Waals surface area (Å²) >= 11 is 1.50. The molecule has 1 amide bonds. The molecule has 128 valence electrons. The minimum absolute atomic E-state index is 0.147. The molecule has 1 aliphatic rings. The van der Waals surface area contributed by atoms with Crippen molar-refractivity contribution in [2.75, 3.05) is 31.1 Å². The highest BCUT2D eigenvalue weighted by Crippen LogP contribution is 2.29. The zero-order valence-electron chi connectivity index (χ0n) is 13.8. The molecule has 4 rings (SSSR count). The summed E-state index contributed by atoms with van der Waals surface area (Å²) in [6, 6.07) is 10.9. The van der Waals surface area contributed by atoms with E-state index in [9.17, 15) is 9.18 Å². The molecule has 0 unspecified atom stereocenters. The van der Waals surface area contributed by atoms with Gasteiger partial charge >= 0.3 is 0 Å². The molecule has 5 nitrogen and oxygen atoms in total. The Morgan fingerprint density at radius 3 is 2.64 bits per heavy atom. The monoisotopic (exact) mass is 356 g/mol. The third-order valence-electron chi connectivity index (χ3n) is 4.47. The maximum atomic E-state index is 13.3. The number of aryl methyl sites for hydroxylation is 1. The van der Waals surface area contributed by atoms with Gasteiger partial charge in [0.25, 0.3) is 5.91 Å². The van der Waals surface area contributed by atoms with Crippen molar-refractivity contribution in [3.63, 3.8) is 0 Å². The van der Waals surface area contributed by atoms with Gasteiger partial charge in [-0.25, -0.2) is 9.37 Å². The molecule has 0 spiro atoms. The van der Waals surface area contributed by atoms with E-state index in [1.54, 1.807) is 11.8 Å². The molecule has 0 aliphatic carbocycles. The smallest absolute Gasteiger partial charge is 0.272 e. The molecule has 7 heteroatoms. The van der Waals surface area contributed by atoms with Crippen molar-refractivity contribution in [2.24, 2.45) is 0 Å². The van der Waals surface area contributed by atoms with Gasteiger partial charge in [0.05, 0.1) is 10.4 Å². The number of benzene rings is 1. The number of hydrogen-bond donors (Lipinski definition) is 0. The van der Waals surface area contributed by atoms with Gasteiger partial charge in [0, 0.05) is 31.6 Å². The first-order chi connectivity index (χ1) is 12.1. The molecule has 1 fully saturated rings. The number of anilines is 1. The first-order valence-electron chi connectivity index (χ1n) is 8.15. The van der Waals surface area contributed by atoms with Gasteiger partial charge in [-0.1, -0.05) is 12.1 Å². The fraction of sp³-hybridized carbons (Fsp3) is 0.278. The normalized spacial score (nSPS) is 15.0. The van der Waals surface area contributed by atoms with Crippen LogP contribution in [-0.4, -0.2) is 46.3 Å². The second kappa shape index (κ2) is 6.40. The van der Waals surface area contributed by atoms with Gasteiger partial charge in [0.1, 0.15) is 17.3 Å². The van der Waals surface area contributed by atoms with Gasteiger partial charge in [-0.3, -0.25) is 4.79 Å². The lowest BCUT2D eigenvalue weighted by molar-refractivity contribution is 0.0740. The van der Waals surface area contributed by atoms with Crippen LogP contribution in [0, 0.1) is 12.7 Å². The van der Waals surface area contributed by atoms with Crippen LogP contribution < -0.4 is 4.90 Å². The number of pyridine rings is 1. The van der Waals surface area contributed by atoms with Crippen molar-refractivity contribution in [3.8, 4) is 0 Å². The molecular weight excluding hydrogens is 339 g/mol. The molecule has 0 saturated carbocycles. The first kappa shape index (κ1) is 16.0. The Kier molecular flexibility index (Phi) is 4.09. The van der Waals surface area contributed by atoms with Gasteiger partial charge in [0.15, 0.2) is 0 Å². The molecule has 1 aromatic carbocycles. The molecule has 2 aromatic heterocycles. The lowest BCUT2D eigenvalue weighted by Gasteiger charge is -2.35. The second-order valence-electron chi connectivity index (χ2n) is 6.05. The van der Waals surface area contributed by atoms with Crippen LogP contribution in [0.5, 0.6) is 0 Å². The van der Waals surface area contributed by atoms with Crippen LogP contribution >= 0.6 is 11.5 Å². The summed E-state index contributed by atoms with van der Waals surface area (Å²) in [5.74, 6) is 0.450. The summed E-state index contributed by atoms with van der Waals surface area (Å²) in [5, 5.41) is 1.16. The summed E-state index contributed by atoms with van der Waals surface area (Å²) in [5.41, 5.74) is 0.546. The van der Waals surface area contributed by atoms with Crippen molar-refractivity contribution >= 4 is 33.3 Å². The Balaban J connectivity index is 1.47. The van der Waals surface area contributed by atoms with E-state index in [0.717, 1.165) is 24.3 Å². The number of piperazine rings is 1. The Labute approximate surface area is 148 Å². The summed E-state index contributed by atoms with van der Waals surface area (Å²) in [4.78, 5) is 20.6. The topological polar surface area (TPSA) is 49.3 Å².